The van der Waals surface area contributed by atoms with E-state index in [1.165, 1.54) is 30.9 Å². The maximum Gasteiger partial charge on any atom is 0.263 e. The molecule has 1 aromatic carbocycles. The van der Waals surface area contributed by atoms with Gasteiger partial charge in [0.05, 0.1) is 21.3 Å². The van der Waals surface area contributed by atoms with Crippen LogP contribution in [-0.2, 0) is 21.9 Å². The van der Waals surface area contributed by atoms with E-state index in [2.05, 4.69) is 45.6 Å². The summed E-state index contributed by atoms with van der Waals surface area (Å²) in [5.41, 5.74) is 2.01. The molecule has 0 saturated carbocycles. The second-order valence-corrected chi connectivity index (χ2v) is 9.95. The van der Waals surface area contributed by atoms with Crippen molar-refractivity contribution in [2.45, 2.75) is 37.5 Å². The number of hydrogen-bond donors (Lipinski definition) is 2. The summed E-state index contributed by atoms with van der Waals surface area (Å²) in [4.78, 5) is 12.2. The van der Waals surface area contributed by atoms with E-state index < -0.39 is 10.0 Å². The van der Waals surface area contributed by atoms with E-state index in [1.807, 2.05) is 0 Å². The minimum absolute atomic E-state index is 0.0541. The third-order valence-corrected chi connectivity index (χ3v) is 6.25. The first kappa shape index (κ1) is 22.6. The third kappa shape index (κ3) is 5.56. The molecule has 0 unspecified atom stereocenters. The SMILES string of the molecule is CC(C)(C)c1ccc(S(=O)(=O)Nc2ccc(Cl)c(CC(=NO)c3cncnc3)n2)cc1. The van der Waals surface area contributed by atoms with Gasteiger partial charge in [0.25, 0.3) is 10.0 Å². The van der Waals surface area contributed by atoms with Crippen LogP contribution in [0, 0.1) is 0 Å². The van der Waals surface area contributed by atoms with Gasteiger partial charge in [-0.05, 0) is 35.2 Å². The highest BCUT2D eigenvalue weighted by Gasteiger charge is 2.19. The molecule has 10 heteroatoms. The summed E-state index contributed by atoms with van der Waals surface area (Å²) in [5.74, 6) is 0.0981. The van der Waals surface area contributed by atoms with E-state index in [0.717, 1.165) is 5.56 Å². The lowest BCUT2D eigenvalue weighted by Crippen LogP contribution is -2.16. The third-order valence-electron chi connectivity index (χ3n) is 4.54. The number of pyridine rings is 1. The van der Waals surface area contributed by atoms with Crippen molar-refractivity contribution in [1.82, 2.24) is 15.0 Å². The molecule has 0 saturated heterocycles. The number of nitrogens with one attached hydrogen (secondary N) is 1. The van der Waals surface area contributed by atoms with Crippen molar-refractivity contribution in [3.8, 4) is 0 Å². The smallest absolute Gasteiger partial charge is 0.263 e. The second-order valence-electron chi connectivity index (χ2n) is 7.86. The molecule has 3 aromatic rings. The Morgan fingerprint density at radius 3 is 2.32 bits per heavy atom. The van der Waals surface area contributed by atoms with Crippen molar-refractivity contribution < 1.29 is 13.6 Å². The zero-order valence-electron chi connectivity index (χ0n) is 17.2. The van der Waals surface area contributed by atoms with Crippen LogP contribution in [0.3, 0.4) is 0 Å². The normalized spacial score (nSPS) is 12.6. The maximum absolute atomic E-state index is 12.8. The Morgan fingerprint density at radius 2 is 1.74 bits per heavy atom. The summed E-state index contributed by atoms with van der Waals surface area (Å²) in [7, 11) is -3.85. The van der Waals surface area contributed by atoms with Gasteiger partial charge in [-0.3, -0.25) is 4.72 Å². The average molecular weight is 460 g/mol. The molecule has 0 aliphatic rings. The molecule has 2 aromatic heterocycles. The zero-order valence-corrected chi connectivity index (χ0v) is 18.8. The molecule has 2 heterocycles. The zero-order chi connectivity index (χ0) is 22.6. The van der Waals surface area contributed by atoms with Crippen molar-refractivity contribution in [3.63, 3.8) is 0 Å². The number of rotatable bonds is 6. The van der Waals surface area contributed by atoms with Gasteiger partial charge in [0.1, 0.15) is 12.1 Å². The first-order valence-corrected chi connectivity index (χ1v) is 11.2. The van der Waals surface area contributed by atoms with Crippen molar-refractivity contribution >= 4 is 33.2 Å². The number of nitrogens with zero attached hydrogens (tertiary/aromatic N) is 4. The summed E-state index contributed by atoms with van der Waals surface area (Å²) in [6.45, 7) is 6.16. The van der Waals surface area contributed by atoms with Crippen LogP contribution < -0.4 is 4.72 Å². The predicted octanol–water partition coefficient (Wildman–Crippen LogP) is 4.04. The van der Waals surface area contributed by atoms with E-state index in [9.17, 15) is 13.6 Å². The fourth-order valence-corrected chi connectivity index (χ4v) is 3.97. The Labute approximate surface area is 186 Å². The first-order valence-electron chi connectivity index (χ1n) is 9.35. The van der Waals surface area contributed by atoms with E-state index in [-0.39, 0.29) is 28.3 Å². The molecule has 0 atom stereocenters. The van der Waals surface area contributed by atoms with Gasteiger partial charge in [-0.15, -0.1) is 0 Å². The monoisotopic (exact) mass is 459 g/mol. The van der Waals surface area contributed by atoms with E-state index in [0.29, 0.717) is 16.3 Å². The maximum atomic E-state index is 12.8. The van der Waals surface area contributed by atoms with Gasteiger partial charge in [0.15, 0.2) is 0 Å². The summed E-state index contributed by atoms with van der Waals surface area (Å²) in [5, 5.41) is 12.9. The van der Waals surface area contributed by atoms with Crippen LogP contribution >= 0.6 is 11.6 Å². The topological polar surface area (TPSA) is 117 Å². The molecule has 0 aliphatic carbocycles. The fourth-order valence-electron chi connectivity index (χ4n) is 2.80. The fraction of sp³-hybridized carbons (Fsp3) is 0.238. The summed E-state index contributed by atoms with van der Waals surface area (Å²) < 4.78 is 28.1. The van der Waals surface area contributed by atoms with E-state index in [1.54, 1.807) is 24.3 Å². The standard InChI is InChI=1S/C21H22ClN5O3S/c1-21(2,3)15-4-6-16(7-5-15)31(29,30)27-20-9-8-17(22)19(25-20)10-18(26-28)14-11-23-13-24-12-14/h4-9,11-13,28H,10H2,1-3H3,(H,25,27). The summed E-state index contributed by atoms with van der Waals surface area (Å²) in [6, 6.07) is 9.70. The van der Waals surface area contributed by atoms with Gasteiger partial charge in [0.2, 0.25) is 0 Å². The molecule has 0 amide bonds. The number of oxime groups is 1. The second kappa shape index (κ2) is 8.99. The molecule has 8 nitrogen and oxygen atoms in total. The quantitative estimate of drug-likeness (QED) is 0.326. The lowest BCUT2D eigenvalue weighted by atomic mass is 9.87. The Balaban J connectivity index is 1.84. The number of anilines is 1. The number of hydrogen-bond acceptors (Lipinski definition) is 7. The van der Waals surface area contributed by atoms with Crippen molar-refractivity contribution in [2.75, 3.05) is 4.72 Å². The predicted molar refractivity (Wildman–Crippen MR) is 119 cm³/mol. The van der Waals surface area contributed by atoms with Crippen LogP contribution in [-0.4, -0.2) is 34.3 Å². The van der Waals surface area contributed by atoms with Crippen molar-refractivity contribution in [1.29, 1.82) is 0 Å². The summed E-state index contributed by atoms with van der Waals surface area (Å²) in [6.07, 6.45) is 4.39. The van der Waals surface area contributed by atoms with Crippen LogP contribution in [0.2, 0.25) is 5.02 Å². The molecule has 0 spiro atoms. The molecular formula is C21H22ClN5O3S. The highest BCUT2D eigenvalue weighted by molar-refractivity contribution is 7.92. The number of aromatic nitrogens is 3. The number of halogens is 1. The molecule has 0 bridgehead atoms. The Morgan fingerprint density at radius 1 is 1.10 bits per heavy atom. The highest BCUT2D eigenvalue weighted by atomic mass is 35.5. The number of sulfonamides is 1. The van der Waals surface area contributed by atoms with E-state index >= 15 is 0 Å². The molecular weight excluding hydrogens is 438 g/mol. The highest BCUT2D eigenvalue weighted by Crippen LogP contribution is 2.25. The van der Waals surface area contributed by atoms with Gasteiger partial charge in [0, 0.05) is 24.4 Å². The Bertz CT molecular complexity index is 1190. The van der Waals surface area contributed by atoms with E-state index in [4.69, 9.17) is 11.6 Å². The lowest BCUT2D eigenvalue weighted by molar-refractivity contribution is 0.318. The largest absolute Gasteiger partial charge is 0.411 e. The van der Waals surface area contributed by atoms with Gasteiger partial charge in [-0.25, -0.2) is 23.4 Å². The van der Waals surface area contributed by atoms with Crippen LogP contribution in [0.1, 0.15) is 37.6 Å². The lowest BCUT2D eigenvalue weighted by Gasteiger charge is -2.19. The van der Waals surface area contributed by atoms with Gasteiger partial charge < -0.3 is 5.21 Å². The van der Waals surface area contributed by atoms with Gasteiger partial charge in [-0.1, -0.05) is 49.7 Å². The summed E-state index contributed by atoms with van der Waals surface area (Å²) >= 11 is 6.23. The van der Waals surface area contributed by atoms with Crippen molar-refractivity contribution in [3.05, 3.63) is 77.0 Å². The van der Waals surface area contributed by atoms with Crippen LogP contribution in [0.4, 0.5) is 5.82 Å². The molecule has 31 heavy (non-hydrogen) atoms. The van der Waals surface area contributed by atoms with Crippen LogP contribution in [0.25, 0.3) is 0 Å². The van der Waals surface area contributed by atoms with Gasteiger partial charge >= 0.3 is 0 Å². The molecule has 0 aliphatic heterocycles. The molecule has 162 valence electrons. The Hall–Kier alpha value is -3.04. The molecule has 0 radical (unpaired) electrons. The minimum Gasteiger partial charge on any atom is -0.411 e. The average Bonchev–Trinajstić information content (AvgIpc) is 2.74. The van der Waals surface area contributed by atoms with Crippen molar-refractivity contribution in [2.24, 2.45) is 5.16 Å². The molecule has 0 fully saturated rings. The van der Waals surface area contributed by atoms with Gasteiger partial charge in [-0.2, -0.15) is 0 Å². The van der Waals surface area contributed by atoms with Crippen LogP contribution in [0.15, 0.2) is 65.2 Å². The first-order chi connectivity index (χ1) is 14.6. The minimum atomic E-state index is -3.85. The number of benzene rings is 1. The molecule has 3 rings (SSSR count). The van der Waals surface area contributed by atoms with Crippen LogP contribution in [0.5, 0.6) is 0 Å². The molecule has 2 N–H and O–H groups in total. The Kier molecular flexibility index (Phi) is 6.56.